The molecule has 1 aliphatic rings. The smallest absolute Gasteiger partial charge is 0.414 e. The Kier molecular flexibility index (Phi) is 3.79. The normalized spacial score (nSPS) is 17.6. The first kappa shape index (κ1) is 15.2. The van der Waals surface area contributed by atoms with Crippen LogP contribution >= 0.6 is 15.9 Å². The zero-order valence-corrected chi connectivity index (χ0v) is 13.1. The Morgan fingerprint density at radius 1 is 1.40 bits per heavy atom. The minimum absolute atomic E-state index is 0.0590. The standard InChI is InChI=1S/C14H16BrF2NO2/c1-13(2,3)20-12(19)18-7-6-14(16,17)10-8-9(15)4-5-11(10)18/h4-5,8H,6-7H2,1-3H3. The van der Waals surface area contributed by atoms with E-state index in [0.717, 1.165) is 0 Å². The minimum Gasteiger partial charge on any atom is -0.443 e. The summed E-state index contributed by atoms with van der Waals surface area (Å²) in [6.07, 6.45) is -1.01. The molecule has 0 unspecified atom stereocenters. The summed E-state index contributed by atoms with van der Waals surface area (Å²) in [6.45, 7) is 5.17. The highest BCUT2D eigenvalue weighted by molar-refractivity contribution is 9.10. The van der Waals surface area contributed by atoms with Crippen molar-refractivity contribution in [1.29, 1.82) is 0 Å². The summed E-state index contributed by atoms with van der Waals surface area (Å²) in [5.74, 6) is -2.93. The number of ether oxygens (including phenoxy) is 1. The molecule has 1 aromatic rings. The molecule has 0 saturated heterocycles. The van der Waals surface area contributed by atoms with Gasteiger partial charge in [-0.05, 0) is 39.0 Å². The first-order chi connectivity index (χ1) is 9.10. The Balaban J connectivity index is 2.38. The van der Waals surface area contributed by atoms with E-state index in [-0.39, 0.29) is 17.8 Å². The monoisotopic (exact) mass is 347 g/mol. The minimum atomic E-state index is -2.93. The zero-order valence-electron chi connectivity index (χ0n) is 11.5. The zero-order chi connectivity index (χ0) is 15.1. The summed E-state index contributed by atoms with van der Waals surface area (Å²) in [5, 5.41) is 0. The van der Waals surface area contributed by atoms with Gasteiger partial charge in [0, 0.05) is 23.0 Å². The van der Waals surface area contributed by atoms with Crippen molar-refractivity contribution in [3.63, 3.8) is 0 Å². The van der Waals surface area contributed by atoms with Crippen LogP contribution in [0.5, 0.6) is 0 Å². The topological polar surface area (TPSA) is 29.5 Å². The molecular weight excluding hydrogens is 332 g/mol. The van der Waals surface area contributed by atoms with Gasteiger partial charge in [0.05, 0.1) is 5.69 Å². The second-order valence-corrected chi connectivity index (χ2v) is 6.66. The van der Waals surface area contributed by atoms with Crippen LogP contribution in [0, 0.1) is 0 Å². The van der Waals surface area contributed by atoms with Crippen LogP contribution in [-0.2, 0) is 10.7 Å². The van der Waals surface area contributed by atoms with E-state index in [1.807, 2.05) is 0 Å². The van der Waals surface area contributed by atoms with Crippen molar-refractivity contribution in [2.75, 3.05) is 11.4 Å². The van der Waals surface area contributed by atoms with Crippen LogP contribution in [0.1, 0.15) is 32.8 Å². The molecular formula is C14H16BrF2NO2. The van der Waals surface area contributed by atoms with E-state index < -0.39 is 24.0 Å². The number of carbonyl (C=O) groups is 1. The molecule has 0 radical (unpaired) electrons. The number of nitrogens with zero attached hydrogens (tertiary/aromatic N) is 1. The van der Waals surface area contributed by atoms with Crippen molar-refractivity contribution < 1.29 is 18.3 Å². The van der Waals surface area contributed by atoms with Gasteiger partial charge in [-0.3, -0.25) is 4.90 Å². The fourth-order valence-corrected chi connectivity index (χ4v) is 2.41. The van der Waals surface area contributed by atoms with Crippen LogP contribution < -0.4 is 4.90 Å². The quantitative estimate of drug-likeness (QED) is 0.681. The Labute approximate surface area is 125 Å². The molecule has 0 saturated carbocycles. The summed E-state index contributed by atoms with van der Waals surface area (Å²) in [6, 6.07) is 4.50. The molecule has 1 heterocycles. The molecule has 0 atom stereocenters. The number of amides is 1. The summed E-state index contributed by atoms with van der Waals surface area (Å²) >= 11 is 3.18. The second kappa shape index (κ2) is 4.98. The van der Waals surface area contributed by atoms with Crippen LogP contribution in [0.25, 0.3) is 0 Å². The number of hydrogen-bond acceptors (Lipinski definition) is 2. The van der Waals surface area contributed by atoms with Gasteiger partial charge in [0.15, 0.2) is 0 Å². The molecule has 2 rings (SSSR count). The van der Waals surface area contributed by atoms with Gasteiger partial charge in [-0.15, -0.1) is 0 Å². The summed E-state index contributed by atoms with van der Waals surface area (Å²) in [5.41, 5.74) is -0.602. The maximum atomic E-state index is 14.0. The van der Waals surface area contributed by atoms with Crippen molar-refractivity contribution in [2.45, 2.75) is 38.7 Å². The molecule has 1 amide bonds. The van der Waals surface area contributed by atoms with E-state index >= 15 is 0 Å². The third kappa shape index (κ3) is 3.11. The van der Waals surface area contributed by atoms with Crippen molar-refractivity contribution >= 4 is 27.7 Å². The molecule has 0 fully saturated rings. The molecule has 110 valence electrons. The average Bonchev–Trinajstić information content (AvgIpc) is 2.27. The fraction of sp³-hybridized carbons (Fsp3) is 0.500. The molecule has 0 bridgehead atoms. The number of carbonyl (C=O) groups excluding carboxylic acids is 1. The highest BCUT2D eigenvalue weighted by Gasteiger charge is 2.42. The first-order valence-electron chi connectivity index (χ1n) is 6.28. The maximum Gasteiger partial charge on any atom is 0.414 e. The van der Waals surface area contributed by atoms with Crippen molar-refractivity contribution in [3.05, 3.63) is 28.2 Å². The average molecular weight is 348 g/mol. The Hall–Kier alpha value is -1.17. The lowest BCUT2D eigenvalue weighted by atomic mass is 9.98. The Bertz CT molecular complexity index is 540. The van der Waals surface area contributed by atoms with E-state index in [1.54, 1.807) is 26.8 Å². The maximum absolute atomic E-state index is 14.0. The Morgan fingerprint density at radius 2 is 2.05 bits per heavy atom. The predicted octanol–water partition coefficient (Wildman–Crippen LogP) is 4.69. The third-order valence-electron chi connectivity index (χ3n) is 2.91. The van der Waals surface area contributed by atoms with Gasteiger partial charge in [0.25, 0.3) is 5.92 Å². The van der Waals surface area contributed by atoms with Gasteiger partial charge >= 0.3 is 6.09 Å². The molecule has 20 heavy (non-hydrogen) atoms. The molecule has 0 aliphatic carbocycles. The lowest BCUT2D eigenvalue weighted by molar-refractivity contribution is -0.0161. The van der Waals surface area contributed by atoms with Crippen molar-refractivity contribution in [3.8, 4) is 0 Å². The van der Waals surface area contributed by atoms with Crippen LogP contribution in [0.3, 0.4) is 0 Å². The van der Waals surface area contributed by atoms with Gasteiger partial charge in [-0.25, -0.2) is 13.6 Å². The summed E-state index contributed by atoms with van der Waals surface area (Å²) in [4.78, 5) is 13.4. The van der Waals surface area contributed by atoms with Gasteiger partial charge < -0.3 is 4.74 Å². The lowest BCUT2D eigenvalue weighted by Gasteiger charge is -2.35. The Morgan fingerprint density at radius 3 is 2.65 bits per heavy atom. The molecule has 0 N–H and O–H groups in total. The lowest BCUT2D eigenvalue weighted by Crippen LogP contribution is -2.43. The fourth-order valence-electron chi connectivity index (χ4n) is 2.05. The third-order valence-corrected chi connectivity index (χ3v) is 3.40. The molecule has 0 aromatic heterocycles. The largest absolute Gasteiger partial charge is 0.443 e. The molecule has 1 aliphatic heterocycles. The first-order valence-corrected chi connectivity index (χ1v) is 7.08. The molecule has 0 spiro atoms. The molecule has 3 nitrogen and oxygen atoms in total. The van der Waals surface area contributed by atoms with Crippen LogP contribution in [0.15, 0.2) is 22.7 Å². The van der Waals surface area contributed by atoms with Crippen LogP contribution in [-0.4, -0.2) is 18.2 Å². The number of anilines is 1. The van der Waals surface area contributed by atoms with Crippen molar-refractivity contribution in [2.24, 2.45) is 0 Å². The highest BCUT2D eigenvalue weighted by Crippen LogP contribution is 2.43. The number of fused-ring (bicyclic) bond motifs is 1. The van der Waals surface area contributed by atoms with Crippen molar-refractivity contribution in [1.82, 2.24) is 0 Å². The van der Waals surface area contributed by atoms with E-state index in [0.29, 0.717) is 4.47 Å². The molecule has 1 aromatic carbocycles. The van der Waals surface area contributed by atoms with Gasteiger partial charge in [-0.2, -0.15) is 0 Å². The van der Waals surface area contributed by atoms with Crippen LogP contribution in [0.4, 0.5) is 19.3 Å². The number of benzene rings is 1. The summed E-state index contributed by atoms with van der Waals surface area (Å²) in [7, 11) is 0. The van der Waals surface area contributed by atoms with E-state index in [2.05, 4.69) is 15.9 Å². The number of alkyl halides is 2. The van der Waals surface area contributed by atoms with E-state index in [9.17, 15) is 13.6 Å². The number of halogens is 3. The highest BCUT2D eigenvalue weighted by atomic mass is 79.9. The van der Waals surface area contributed by atoms with Crippen LogP contribution in [0.2, 0.25) is 0 Å². The number of hydrogen-bond donors (Lipinski definition) is 0. The van der Waals surface area contributed by atoms with Gasteiger partial charge in [0.1, 0.15) is 5.60 Å². The second-order valence-electron chi connectivity index (χ2n) is 5.75. The van der Waals surface area contributed by atoms with E-state index in [1.165, 1.54) is 17.0 Å². The van der Waals surface area contributed by atoms with Gasteiger partial charge in [-0.1, -0.05) is 15.9 Å². The SMILES string of the molecule is CC(C)(C)OC(=O)N1CCC(F)(F)c2cc(Br)ccc21. The van der Waals surface area contributed by atoms with E-state index in [4.69, 9.17) is 4.74 Å². The van der Waals surface area contributed by atoms with Gasteiger partial charge in [0.2, 0.25) is 0 Å². The molecule has 6 heteroatoms. The summed E-state index contributed by atoms with van der Waals surface area (Å²) < 4.78 is 33.7. The number of rotatable bonds is 0. The predicted molar refractivity (Wildman–Crippen MR) is 76.2 cm³/mol.